The molecule has 1 aromatic rings. The van der Waals surface area contributed by atoms with Gasteiger partial charge in [0.05, 0.1) is 0 Å². The monoisotopic (exact) mass is 337 g/mol. The third-order valence-corrected chi connectivity index (χ3v) is 4.33. The Kier molecular flexibility index (Phi) is 5.88. The first-order valence-corrected chi connectivity index (χ1v) is 8.34. The maximum atomic E-state index is 12.3. The highest BCUT2D eigenvalue weighted by Crippen LogP contribution is 2.20. The number of nitrogens with one attached hydrogen (secondary N) is 1. The number of hydrogen-bond acceptors (Lipinski definition) is 2. The molecule has 0 atom stereocenters. The number of anilines is 1. The molecule has 1 heterocycles. The van der Waals surface area contributed by atoms with Crippen molar-refractivity contribution in [3.63, 3.8) is 0 Å². The first kappa shape index (κ1) is 17.6. The number of rotatable bonds is 3. The van der Waals surface area contributed by atoms with Gasteiger partial charge in [-0.15, -0.1) is 0 Å². The Morgan fingerprint density at radius 3 is 2.35 bits per heavy atom. The summed E-state index contributed by atoms with van der Waals surface area (Å²) in [4.78, 5) is 27.9. The summed E-state index contributed by atoms with van der Waals surface area (Å²) in [6, 6.07) is 5.31. The van der Waals surface area contributed by atoms with Gasteiger partial charge in [0.1, 0.15) is 0 Å². The Hall–Kier alpha value is -1.75. The highest BCUT2D eigenvalue weighted by Gasteiger charge is 2.24. The maximum Gasteiger partial charge on any atom is 0.321 e. The van der Waals surface area contributed by atoms with Crippen molar-refractivity contribution in [2.24, 2.45) is 5.92 Å². The summed E-state index contributed by atoms with van der Waals surface area (Å²) >= 11 is 6.07. The second-order valence-corrected chi connectivity index (χ2v) is 6.77. The lowest BCUT2D eigenvalue weighted by Gasteiger charge is -2.35. The fourth-order valence-corrected chi connectivity index (χ4v) is 2.69. The van der Waals surface area contributed by atoms with E-state index >= 15 is 0 Å². The molecular weight excluding hydrogens is 314 g/mol. The minimum atomic E-state index is -0.152. The van der Waals surface area contributed by atoms with Gasteiger partial charge in [-0.05, 0) is 30.5 Å². The van der Waals surface area contributed by atoms with Crippen LogP contribution in [0.3, 0.4) is 0 Å². The average molecular weight is 338 g/mol. The molecule has 3 amide bonds. The van der Waals surface area contributed by atoms with Gasteiger partial charge in [-0.2, -0.15) is 0 Å². The van der Waals surface area contributed by atoms with Crippen LogP contribution in [-0.4, -0.2) is 47.9 Å². The molecule has 1 aliphatic heterocycles. The van der Waals surface area contributed by atoms with Gasteiger partial charge in [0, 0.05) is 43.3 Å². The summed E-state index contributed by atoms with van der Waals surface area (Å²) in [6.45, 7) is 8.27. The van der Waals surface area contributed by atoms with Crippen molar-refractivity contribution in [3.05, 3.63) is 28.8 Å². The van der Waals surface area contributed by atoms with Gasteiger partial charge in [-0.25, -0.2) is 4.79 Å². The van der Waals surface area contributed by atoms with Gasteiger partial charge in [0.25, 0.3) is 0 Å². The Bertz CT molecular complexity index is 581. The van der Waals surface area contributed by atoms with Crippen molar-refractivity contribution >= 4 is 29.2 Å². The third kappa shape index (κ3) is 4.86. The molecule has 5 nitrogen and oxygen atoms in total. The van der Waals surface area contributed by atoms with Crippen LogP contribution in [-0.2, 0) is 4.79 Å². The van der Waals surface area contributed by atoms with Gasteiger partial charge < -0.3 is 15.1 Å². The molecule has 0 aromatic heterocycles. The molecule has 126 valence electrons. The number of carbonyl (C=O) groups excluding carboxylic acids is 2. The van der Waals surface area contributed by atoms with E-state index in [1.807, 2.05) is 37.8 Å². The molecule has 0 spiro atoms. The Morgan fingerprint density at radius 1 is 1.17 bits per heavy atom. The van der Waals surface area contributed by atoms with Crippen LogP contribution in [0.2, 0.25) is 5.02 Å². The third-order valence-electron chi connectivity index (χ3n) is 3.93. The Labute approximate surface area is 142 Å². The van der Waals surface area contributed by atoms with Crippen LogP contribution < -0.4 is 5.32 Å². The average Bonchev–Trinajstić information content (AvgIpc) is 2.50. The van der Waals surface area contributed by atoms with Crippen LogP contribution in [0.4, 0.5) is 10.5 Å². The van der Waals surface area contributed by atoms with Crippen LogP contribution >= 0.6 is 11.6 Å². The van der Waals surface area contributed by atoms with Gasteiger partial charge in [-0.1, -0.05) is 31.5 Å². The molecule has 1 saturated heterocycles. The molecule has 1 N–H and O–H groups in total. The number of aryl methyl sites for hydroxylation is 1. The van der Waals surface area contributed by atoms with E-state index in [0.29, 0.717) is 49.2 Å². The minimum absolute atomic E-state index is 0.152. The molecule has 1 aliphatic rings. The van der Waals surface area contributed by atoms with E-state index < -0.39 is 0 Å². The van der Waals surface area contributed by atoms with Gasteiger partial charge in [0.15, 0.2) is 0 Å². The van der Waals surface area contributed by atoms with Crippen molar-refractivity contribution < 1.29 is 9.59 Å². The van der Waals surface area contributed by atoms with Crippen molar-refractivity contribution in [3.8, 4) is 0 Å². The first-order valence-electron chi connectivity index (χ1n) is 7.96. The molecule has 6 heteroatoms. The van der Waals surface area contributed by atoms with Gasteiger partial charge in [0.2, 0.25) is 5.91 Å². The van der Waals surface area contributed by atoms with Crippen LogP contribution in [0.15, 0.2) is 18.2 Å². The van der Waals surface area contributed by atoms with Crippen molar-refractivity contribution in [1.29, 1.82) is 0 Å². The van der Waals surface area contributed by atoms with Crippen LogP contribution in [0.25, 0.3) is 0 Å². The zero-order chi connectivity index (χ0) is 17.0. The molecular formula is C17H24ClN3O2. The van der Waals surface area contributed by atoms with E-state index in [2.05, 4.69) is 5.32 Å². The summed E-state index contributed by atoms with van der Waals surface area (Å²) in [5, 5.41) is 3.49. The zero-order valence-corrected chi connectivity index (χ0v) is 14.7. The van der Waals surface area contributed by atoms with E-state index in [9.17, 15) is 9.59 Å². The van der Waals surface area contributed by atoms with E-state index in [-0.39, 0.29) is 11.9 Å². The molecule has 0 aliphatic carbocycles. The summed E-state index contributed by atoms with van der Waals surface area (Å²) in [6.07, 6.45) is 0.564. The molecule has 1 fully saturated rings. The second kappa shape index (κ2) is 7.68. The summed E-state index contributed by atoms with van der Waals surface area (Å²) in [7, 11) is 0. The molecule has 0 unspecified atom stereocenters. The Morgan fingerprint density at radius 2 is 1.78 bits per heavy atom. The molecule has 2 rings (SSSR count). The summed E-state index contributed by atoms with van der Waals surface area (Å²) in [5.74, 6) is 0.528. The minimum Gasteiger partial charge on any atom is -0.339 e. The lowest BCUT2D eigenvalue weighted by molar-refractivity contribution is -0.133. The first-order chi connectivity index (χ1) is 10.9. The van der Waals surface area contributed by atoms with Crippen molar-refractivity contribution in [1.82, 2.24) is 9.80 Å². The van der Waals surface area contributed by atoms with E-state index in [1.54, 1.807) is 11.0 Å². The highest BCUT2D eigenvalue weighted by molar-refractivity contribution is 6.31. The van der Waals surface area contributed by atoms with E-state index in [0.717, 1.165) is 5.56 Å². The summed E-state index contributed by atoms with van der Waals surface area (Å²) in [5.41, 5.74) is 1.66. The number of halogens is 1. The number of carbonyl (C=O) groups is 2. The normalized spacial score (nSPS) is 15.0. The van der Waals surface area contributed by atoms with E-state index in [4.69, 9.17) is 11.6 Å². The predicted octanol–water partition coefficient (Wildman–Crippen LogP) is 3.37. The maximum absolute atomic E-state index is 12.3. The number of amides is 3. The topological polar surface area (TPSA) is 52.7 Å². The summed E-state index contributed by atoms with van der Waals surface area (Å²) < 4.78 is 0. The Balaban J connectivity index is 1.86. The number of hydrogen-bond donors (Lipinski definition) is 1. The van der Waals surface area contributed by atoms with Crippen molar-refractivity contribution in [2.75, 3.05) is 31.5 Å². The molecule has 23 heavy (non-hydrogen) atoms. The van der Waals surface area contributed by atoms with Gasteiger partial charge in [-0.3, -0.25) is 4.79 Å². The SMILES string of the molecule is Cc1ccc(NC(=O)N2CCN(C(=O)CC(C)C)CC2)cc1Cl. The predicted molar refractivity (Wildman–Crippen MR) is 92.8 cm³/mol. The van der Waals surface area contributed by atoms with Gasteiger partial charge >= 0.3 is 6.03 Å². The van der Waals surface area contributed by atoms with Crippen molar-refractivity contribution in [2.45, 2.75) is 27.2 Å². The fraction of sp³-hybridized carbons (Fsp3) is 0.529. The molecule has 0 bridgehead atoms. The number of urea groups is 1. The lowest BCUT2D eigenvalue weighted by Crippen LogP contribution is -2.51. The van der Waals surface area contributed by atoms with E-state index in [1.165, 1.54) is 0 Å². The molecule has 1 aromatic carbocycles. The smallest absolute Gasteiger partial charge is 0.321 e. The van der Waals surface area contributed by atoms with Crippen LogP contribution in [0.1, 0.15) is 25.8 Å². The largest absolute Gasteiger partial charge is 0.339 e. The highest BCUT2D eigenvalue weighted by atomic mass is 35.5. The molecule has 0 radical (unpaired) electrons. The molecule has 0 saturated carbocycles. The van der Waals surface area contributed by atoms with Crippen LogP contribution in [0.5, 0.6) is 0 Å². The lowest BCUT2D eigenvalue weighted by atomic mass is 10.1. The number of piperazine rings is 1. The van der Waals surface area contributed by atoms with Crippen LogP contribution in [0, 0.1) is 12.8 Å². The fourth-order valence-electron chi connectivity index (χ4n) is 2.51. The number of benzene rings is 1. The second-order valence-electron chi connectivity index (χ2n) is 6.36. The zero-order valence-electron chi connectivity index (χ0n) is 13.9. The standard InChI is InChI=1S/C17H24ClN3O2/c1-12(2)10-16(22)20-6-8-21(9-7-20)17(23)19-14-5-4-13(3)15(18)11-14/h4-5,11-12H,6-10H2,1-3H3,(H,19,23). The quantitative estimate of drug-likeness (QED) is 0.919. The number of nitrogens with zero attached hydrogens (tertiary/aromatic N) is 2.